The lowest BCUT2D eigenvalue weighted by Crippen LogP contribution is -1.88. The average Bonchev–Trinajstić information content (AvgIpc) is 3.62. The maximum Gasteiger partial charge on any atom is -0.00139 e. The van der Waals surface area contributed by atoms with Crippen molar-refractivity contribution in [3.05, 3.63) is 157 Å². The van der Waals surface area contributed by atoms with E-state index in [0.717, 1.165) is 0 Å². The summed E-state index contributed by atoms with van der Waals surface area (Å²) in [5, 5.41) is 21.5. The van der Waals surface area contributed by atoms with Gasteiger partial charge in [0.25, 0.3) is 0 Å². The highest BCUT2D eigenvalue weighted by molar-refractivity contribution is 6.40. The molecule has 0 atom stereocenters. The summed E-state index contributed by atoms with van der Waals surface area (Å²) in [6, 6.07) is 54.9. The van der Waals surface area contributed by atoms with E-state index in [4.69, 9.17) is 0 Å². The van der Waals surface area contributed by atoms with Crippen LogP contribution in [0, 0.1) is 13.8 Å². The Labute approximate surface area is 278 Å². The summed E-state index contributed by atoms with van der Waals surface area (Å²) in [5.41, 5.74) is 7.78. The summed E-state index contributed by atoms with van der Waals surface area (Å²) in [4.78, 5) is 0. The first kappa shape index (κ1) is 26.1. The molecule has 0 spiro atoms. The van der Waals surface area contributed by atoms with Crippen LogP contribution in [0.1, 0.15) is 11.1 Å². The lowest BCUT2D eigenvalue weighted by molar-refractivity contribution is 1.49. The molecule has 0 heterocycles. The lowest BCUT2D eigenvalue weighted by atomic mass is 9.89. The van der Waals surface area contributed by atoms with E-state index < -0.39 is 0 Å². The minimum atomic E-state index is 1.25. The molecule has 0 radical (unpaired) electrons. The SMILES string of the molecule is Cc1cc2c(-c3ccccc3)c(C)cc3c4cc5c(cc4c(c1)c23)c(-c1ccccc1)cc1c5cc2cccc3c4ccccc4c1c23. The molecule has 0 N–H and O–H groups in total. The highest BCUT2D eigenvalue weighted by Crippen LogP contribution is 2.49. The largest absolute Gasteiger partial charge is 0.0622 e. The van der Waals surface area contributed by atoms with Crippen LogP contribution in [-0.2, 0) is 0 Å². The van der Waals surface area contributed by atoms with Gasteiger partial charge in [0.2, 0.25) is 0 Å². The molecule has 11 aromatic rings. The van der Waals surface area contributed by atoms with Gasteiger partial charge in [0, 0.05) is 0 Å². The number of benzene rings is 9. The average molecular weight is 607 g/mol. The van der Waals surface area contributed by atoms with Crippen molar-refractivity contribution in [1.29, 1.82) is 0 Å². The number of rotatable bonds is 2. The first-order valence-electron chi connectivity index (χ1n) is 16.9. The van der Waals surface area contributed by atoms with Crippen molar-refractivity contribution >= 4 is 86.2 Å². The Hall–Kier alpha value is -5.98. The second-order valence-electron chi connectivity index (χ2n) is 13.7. The zero-order valence-electron chi connectivity index (χ0n) is 26.9. The van der Waals surface area contributed by atoms with Gasteiger partial charge in [0.05, 0.1) is 0 Å². The van der Waals surface area contributed by atoms with Crippen molar-refractivity contribution in [1.82, 2.24) is 0 Å². The molecule has 0 aliphatic carbocycles. The predicted octanol–water partition coefficient (Wildman–Crippen LogP) is 13.7. The third kappa shape index (κ3) is 3.34. The van der Waals surface area contributed by atoms with Gasteiger partial charge in [-0.3, -0.25) is 0 Å². The molecule has 0 bridgehead atoms. The number of fused-ring (bicyclic) bond motifs is 10. The van der Waals surface area contributed by atoms with Crippen LogP contribution < -0.4 is 0 Å². The number of hydrogen-bond acceptors (Lipinski definition) is 0. The summed E-state index contributed by atoms with van der Waals surface area (Å²) in [5.74, 6) is 0. The van der Waals surface area contributed by atoms with E-state index in [1.807, 2.05) is 0 Å². The van der Waals surface area contributed by atoms with Crippen molar-refractivity contribution in [3.8, 4) is 22.3 Å². The molecule has 0 saturated heterocycles. The molecule has 0 aliphatic rings. The standard InChI is InChI=1S/C48H30/c1-27-20-41-39-25-37-35(29-12-5-3-6-13-29)24-43-36(23-31-16-11-19-33-32-17-9-10-18-34(32)48(43)46(31)33)38(37)26-40(39)42-22-28(2)45(44(21-27)47(41)42)30-14-7-4-8-15-30/h3-26H,1-2H3. The van der Waals surface area contributed by atoms with Crippen LogP contribution in [0.5, 0.6) is 0 Å². The third-order valence-corrected chi connectivity index (χ3v) is 11.0. The monoisotopic (exact) mass is 606 g/mol. The van der Waals surface area contributed by atoms with Crippen molar-refractivity contribution in [2.24, 2.45) is 0 Å². The molecule has 0 aliphatic heterocycles. The molecule has 11 rings (SSSR count). The molecule has 11 aromatic carbocycles. The predicted molar refractivity (Wildman–Crippen MR) is 209 cm³/mol. The van der Waals surface area contributed by atoms with Crippen LogP contribution in [-0.4, -0.2) is 0 Å². The van der Waals surface area contributed by atoms with Gasteiger partial charge in [-0.15, -0.1) is 0 Å². The number of hydrogen-bond donors (Lipinski definition) is 0. The maximum atomic E-state index is 2.52. The van der Waals surface area contributed by atoms with Gasteiger partial charge in [-0.25, -0.2) is 0 Å². The third-order valence-electron chi connectivity index (χ3n) is 11.0. The normalized spacial score (nSPS) is 12.4. The van der Waals surface area contributed by atoms with Crippen LogP contribution in [0.2, 0.25) is 0 Å². The van der Waals surface area contributed by atoms with E-state index in [0.29, 0.717) is 0 Å². The molecule has 0 fully saturated rings. The fraction of sp³-hybridized carbons (Fsp3) is 0.0417. The van der Waals surface area contributed by atoms with Crippen LogP contribution in [0.3, 0.4) is 0 Å². The van der Waals surface area contributed by atoms with E-state index >= 15 is 0 Å². The molecule has 0 saturated carbocycles. The zero-order chi connectivity index (χ0) is 31.7. The van der Waals surface area contributed by atoms with Crippen molar-refractivity contribution in [3.63, 3.8) is 0 Å². The van der Waals surface area contributed by atoms with Crippen LogP contribution in [0.25, 0.3) is 108 Å². The summed E-state index contributed by atoms with van der Waals surface area (Å²) in [7, 11) is 0. The fourth-order valence-corrected chi connectivity index (χ4v) is 9.11. The Morgan fingerprint density at radius 2 is 0.875 bits per heavy atom. The van der Waals surface area contributed by atoms with Gasteiger partial charge >= 0.3 is 0 Å². The van der Waals surface area contributed by atoms with E-state index in [1.165, 1.54) is 120 Å². The van der Waals surface area contributed by atoms with Crippen LogP contribution in [0.4, 0.5) is 0 Å². The minimum Gasteiger partial charge on any atom is -0.0622 e. The first-order valence-corrected chi connectivity index (χ1v) is 16.9. The van der Waals surface area contributed by atoms with Gasteiger partial charge in [-0.2, -0.15) is 0 Å². The Bertz CT molecular complexity index is 3090. The maximum absolute atomic E-state index is 2.52. The van der Waals surface area contributed by atoms with E-state index in [-0.39, 0.29) is 0 Å². The first-order chi connectivity index (χ1) is 23.6. The smallest absolute Gasteiger partial charge is 0.00139 e. The van der Waals surface area contributed by atoms with Gasteiger partial charge in [-0.1, -0.05) is 121 Å². The molecule has 0 amide bonds. The van der Waals surface area contributed by atoms with Crippen molar-refractivity contribution in [2.75, 3.05) is 0 Å². The highest BCUT2D eigenvalue weighted by atomic mass is 14.2. The molecule has 222 valence electrons. The second-order valence-corrected chi connectivity index (χ2v) is 13.7. The molecular formula is C48H30. The van der Waals surface area contributed by atoms with E-state index in [9.17, 15) is 0 Å². The van der Waals surface area contributed by atoms with Crippen molar-refractivity contribution < 1.29 is 0 Å². The minimum absolute atomic E-state index is 1.25. The fourth-order valence-electron chi connectivity index (χ4n) is 9.11. The summed E-state index contributed by atoms with van der Waals surface area (Å²) >= 11 is 0. The molecule has 0 aromatic heterocycles. The van der Waals surface area contributed by atoms with Gasteiger partial charge in [-0.05, 0) is 158 Å². The quantitative estimate of drug-likeness (QED) is 0.136. The Kier molecular flexibility index (Phi) is 5.07. The Morgan fingerprint density at radius 1 is 0.312 bits per heavy atom. The zero-order valence-corrected chi connectivity index (χ0v) is 26.9. The van der Waals surface area contributed by atoms with E-state index in [1.54, 1.807) is 0 Å². The van der Waals surface area contributed by atoms with Gasteiger partial charge in [0.15, 0.2) is 0 Å². The van der Waals surface area contributed by atoms with Crippen LogP contribution in [0.15, 0.2) is 146 Å². The van der Waals surface area contributed by atoms with Gasteiger partial charge < -0.3 is 0 Å². The topological polar surface area (TPSA) is 0 Å². The van der Waals surface area contributed by atoms with E-state index in [2.05, 4.69) is 159 Å². The lowest BCUT2D eigenvalue weighted by Gasteiger charge is -2.14. The highest BCUT2D eigenvalue weighted by Gasteiger charge is 2.22. The van der Waals surface area contributed by atoms with Crippen LogP contribution >= 0.6 is 0 Å². The summed E-state index contributed by atoms with van der Waals surface area (Å²) in [6.07, 6.45) is 0. The number of aryl methyl sites for hydroxylation is 2. The molecular weight excluding hydrogens is 577 g/mol. The Morgan fingerprint density at radius 3 is 1.67 bits per heavy atom. The Balaban J connectivity index is 1.38. The summed E-state index contributed by atoms with van der Waals surface area (Å²) in [6.45, 7) is 4.53. The van der Waals surface area contributed by atoms with Crippen molar-refractivity contribution in [2.45, 2.75) is 13.8 Å². The molecule has 0 heteroatoms. The summed E-state index contributed by atoms with van der Waals surface area (Å²) < 4.78 is 0. The molecule has 48 heavy (non-hydrogen) atoms. The second kappa shape index (κ2) is 9.31. The molecule has 0 unspecified atom stereocenters. The van der Waals surface area contributed by atoms with Gasteiger partial charge in [0.1, 0.15) is 0 Å². The molecule has 0 nitrogen and oxygen atoms in total.